The van der Waals surface area contributed by atoms with E-state index in [-0.39, 0.29) is 17.6 Å². The number of amides is 1. The lowest BCUT2D eigenvalue weighted by Gasteiger charge is -2.31. The van der Waals surface area contributed by atoms with Gasteiger partial charge in [-0.25, -0.2) is 14.0 Å². The van der Waals surface area contributed by atoms with Crippen molar-refractivity contribution in [3.05, 3.63) is 71.0 Å². The predicted octanol–water partition coefficient (Wildman–Crippen LogP) is 2.82. The summed E-state index contributed by atoms with van der Waals surface area (Å²) in [5.74, 6) is -3.61. The molecule has 2 aromatic carbocycles. The molecule has 0 aromatic heterocycles. The number of nitrogens with one attached hydrogen (secondary N) is 1. The fourth-order valence-corrected chi connectivity index (χ4v) is 3.26. The molecular formula is C23H27FN2O5. The van der Waals surface area contributed by atoms with Crippen molar-refractivity contribution in [2.75, 3.05) is 13.1 Å². The lowest BCUT2D eigenvalue weighted by Crippen LogP contribution is -2.40. The third kappa shape index (κ3) is 8.18. The highest BCUT2D eigenvalue weighted by atomic mass is 19.1. The highest BCUT2D eigenvalue weighted by Gasteiger charge is 2.25. The molecule has 1 aliphatic rings. The Kier molecular flexibility index (Phi) is 9.14. The van der Waals surface area contributed by atoms with Crippen LogP contribution in [0.5, 0.6) is 0 Å². The van der Waals surface area contributed by atoms with Gasteiger partial charge < -0.3 is 15.5 Å². The summed E-state index contributed by atoms with van der Waals surface area (Å²) >= 11 is 0. The van der Waals surface area contributed by atoms with Gasteiger partial charge in [-0.3, -0.25) is 9.69 Å². The van der Waals surface area contributed by atoms with E-state index in [1.807, 2.05) is 24.3 Å². The number of aryl methyl sites for hydroxylation is 1. The van der Waals surface area contributed by atoms with Crippen molar-refractivity contribution in [2.45, 2.75) is 32.9 Å². The van der Waals surface area contributed by atoms with Gasteiger partial charge in [0.25, 0.3) is 0 Å². The van der Waals surface area contributed by atoms with E-state index in [1.54, 1.807) is 6.07 Å². The smallest absolute Gasteiger partial charge is 0.414 e. The van der Waals surface area contributed by atoms with Crippen molar-refractivity contribution < 1.29 is 29.0 Å². The molecule has 1 aliphatic heterocycles. The number of rotatable bonds is 5. The molecule has 0 atom stereocenters. The molecule has 0 unspecified atom stereocenters. The minimum absolute atomic E-state index is 0.0577. The van der Waals surface area contributed by atoms with Crippen LogP contribution in [0.15, 0.2) is 48.5 Å². The summed E-state index contributed by atoms with van der Waals surface area (Å²) in [6, 6.07) is 15.1. The minimum atomic E-state index is -1.82. The molecule has 1 heterocycles. The first-order valence-corrected chi connectivity index (χ1v) is 10.0. The fourth-order valence-electron chi connectivity index (χ4n) is 3.26. The minimum Gasteiger partial charge on any atom is -0.473 e. The number of likely N-dealkylation sites (tertiary alicyclic amines) is 1. The maximum atomic E-state index is 13.7. The zero-order valence-corrected chi connectivity index (χ0v) is 17.4. The van der Waals surface area contributed by atoms with Crippen LogP contribution in [0.25, 0.3) is 0 Å². The molecule has 3 N–H and O–H groups in total. The Morgan fingerprint density at radius 1 is 1.00 bits per heavy atom. The van der Waals surface area contributed by atoms with Crippen molar-refractivity contribution in [3.63, 3.8) is 0 Å². The van der Waals surface area contributed by atoms with Crippen LogP contribution in [0.3, 0.4) is 0 Å². The first kappa shape index (κ1) is 24.0. The van der Waals surface area contributed by atoms with Crippen LogP contribution < -0.4 is 5.32 Å². The number of benzene rings is 2. The van der Waals surface area contributed by atoms with Gasteiger partial charge in [0.05, 0.1) is 0 Å². The van der Waals surface area contributed by atoms with Gasteiger partial charge in [-0.05, 0) is 44.5 Å². The molecule has 31 heavy (non-hydrogen) atoms. The third-order valence-corrected chi connectivity index (χ3v) is 5.08. The number of halogens is 1. The van der Waals surface area contributed by atoms with E-state index in [1.165, 1.54) is 11.6 Å². The van der Waals surface area contributed by atoms with Crippen molar-refractivity contribution in [1.29, 1.82) is 0 Å². The van der Waals surface area contributed by atoms with E-state index < -0.39 is 11.9 Å². The molecule has 2 aromatic rings. The van der Waals surface area contributed by atoms with Gasteiger partial charge in [0, 0.05) is 24.6 Å². The van der Waals surface area contributed by atoms with Gasteiger partial charge in [-0.15, -0.1) is 0 Å². The summed E-state index contributed by atoms with van der Waals surface area (Å²) in [5, 5.41) is 17.8. The van der Waals surface area contributed by atoms with Gasteiger partial charge in [-0.1, -0.05) is 48.0 Å². The lowest BCUT2D eigenvalue weighted by molar-refractivity contribution is -0.159. The van der Waals surface area contributed by atoms with Gasteiger partial charge in [0.15, 0.2) is 0 Å². The Morgan fingerprint density at radius 3 is 2.13 bits per heavy atom. The first-order chi connectivity index (χ1) is 14.8. The SMILES string of the molecule is Cc1ccc(CNC(=O)C2CCN(Cc3ccccc3F)CC2)cc1.O=C(O)C(=O)O. The molecule has 0 radical (unpaired) electrons. The second kappa shape index (κ2) is 11.8. The largest absolute Gasteiger partial charge is 0.473 e. The Morgan fingerprint density at radius 2 is 1.58 bits per heavy atom. The standard InChI is InChI=1S/C21H25FN2O.C2H2O4/c1-16-6-8-17(9-7-16)14-23-21(25)18-10-12-24(13-11-18)15-19-4-2-3-5-20(19)22;3-1(4)2(5)6/h2-9,18H,10-15H2,1H3,(H,23,25);(H,3,4)(H,5,6). The van der Waals surface area contributed by atoms with Crippen molar-refractivity contribution >= 4 is 17.8 Å². The molecule has 1 amide bonds. The molecule has 7 nitrogen and oxygen atoms in total. The Balaban J connectivity index is 0.000000501. The summed E-state index contributed by atoms with van der Waals surface area (Å²) in [5.41, 5.74) is 3.07. The molecule has 8 heteroatoms. The van der Waals surface area contributed by atoms with Crippen LogP contribution in [0, 0.1) is 18.7 Å². The van der Waals surface area contributed by atoms with E-state index in [0.717, 1.165) is 37.1 Å². The Bertz CT molecular complexity index is 881. The van der Waals surface area contributed by atoms with Crippen LogP contribution in [-0.2, 0) is 27.5 Å². The maximum absolute atomic E-state index is 13.7. The second-order valence-electron chi connectivity index (χ2n) is 7.46. The van der Waals surface area contributed by atoms with Gasteiger partial charge in [0.2, 0.25) is 5.91 Å². The summed E-state index contributed by atoms with van der Waals surface area (Å²) < 4.78 is 13.7. The third-order valence-electron chi connectivity index (χ3n) is 5.08. The maximum Gasteiger partial charge on any atom is 0.414 e. The number of carboxylic acid groups (broad SMARTS) is 2. The number of carbonyl (C=O) groups is 3. The quantitative estimate of drug-likeness (QED) is 0.630. The topological polar surface area (TPSA) is 107 Å². The van der Waals surface area contributed by atoms with Crippen LogP contribution >= 0.6 is 0 Å². The Labute approximate surface area is 180 Å². The van der Waals surface area contributed by atoms with Crippen LogP contribution in [0.2, 0.25) is 0 Å². The predicted molar refractivity (Wildman–Crippen MR) is 113 cm³/mol. The lowest BCUT2D eigenvalue weighted by atomic mass is 9.95. The zero-order chi connectivity index (χ0) is 22.8. The zero-order valence-electron chi connectivity index (χ0n) is 17.4. The summed E-state index contributed by atoms with van der Waals surface area (Å²) in [4.78, 5) is 32.8. The molecule has 0 spiro atoms. The molecule has 1 saturated heterocycles. The monoisotopic (exact) mass is 430 g/mol. The molecule has 3 rings (SSSR count). The molecule has 0 aliphatic carbocycles. The highest BCUT2D eigenvalue weighted by Crippen LogP contribution is 2.20. The van der Waals surface area contributed by atoms with E-state index in [0.29, 0.717) is 13.1 Å². The number of aliphatic carboxylic acids is 2. The molecule has 1 fully saturated rings. The summed E-state index contributed by atoms with van der Waals surface area (Å²) in [6.45, 7) is 4.91. The van der Waals surface area contributed by atoms with E-state index in [9.17, 15) is 9.18 Å². The fraction of sp³-hybridized carbons (Fsp3) is 0.348. The average molecular weight is 430 g/mol. The van der Waals surface area contributed by atoms with Crippen molar-refractivity contribution in [2.24, 2.45) is 5.92 Å². The number of hydrogen-bond acceptors (Lipinski definition) is 4. The van der Waals surface area contributed by atoms with Gasteiger partial charge in [-0.2, -0.15) is 0 Å². The highest BCUT2D eigenvalue weighted by molar-refractivity contribution is 6.27. The molecule has 166 valence electrons. The number of piperidine rings is 1. The Hall–Kier alpha value is -3.26. The normalized spacial score (nSPS) is 14.3. The molecule has 0 bridgehead atoms. The van der Waals surface area contributed by atoms with Gasteiger partial charge >= 0.3 is 11.9 Å². The first-order valence-electron chi connectivity index (χ1n) is 10.0. The summed E-state index contributed by atoms with van der Waals surface area (Å²) in [6.07, 6.45) is 1.66. The number of hydrogen-bond donors (Lipinski definition) is 3. The van der Waals surface area contributed by atoms with Crippen molar-refractivity contribution in [3.8, 4) is 0 Å². The number of carbonyl (C=O) groups excluding carboxylic acids is 1. The molecular weight excluding hydrogens is 403 g/mol. The van der Waals surface area contributed by atoms with Crippen LogP contribution in [0.4, 0.5) is 4.39 Å². The average Bonchev–Trinajstić information content (AvgIpc) is 2.75. The van der Waals surface area contributed by atoms with Crippen LogP contribution in [-0.4, -0.2) is 46.0 Å². The van der Waals surface area contributed by atoms with E-state index >= 15 is 0 Å². The van der Waals surface area contributed by atoms with Crippen molar-refractivity contribution in [1.82, 2.24) is 10.2 Å². The van der Waals surface area contributed by atoms with E-state index in [4.69, 9.17) is 19.8 Å². The molecule has 0 saturated carbocycles. The summed E-state index contributed by atoms with van der Waals surface area (Å²) in [7, 11) is 0. The number of nitrogens with zero attached hydrogens (tertiary/aromatic N) is 1. The number of carboxylic acids is 2. The van der Waals surface area contributed by atoms with Crippen LogP contribution in [0.1, 0.15) is 29.5 Å². The van der Waals surface area contributed by atoms with Gasteiger partial charge in [0.1, 0.15) is 5.82 Å². The second-order valence-corrected chi connectivity index (χ2v) is 7.46. The van der Waals surface area contributed by atoms with E-state index in [2.05, 4.69) is 29.3 Å².